The molecule has 1 heteroatoms. The van der Waals surface area contributed by atoms with Crippen molar-refractivity contribution < 1.29 is 0 Å². The zero-order valence-electron chi connectivity index (χ0n) is 8.59. The predicted octanol–water partition coefficient (Wildman–Crippen LogP) is 3.03. The first-order valence-electron chi connectivity index (χ1n) is 4.50. The average molecular weight is 188 g/mol. The van der Waals surface area contributed by atoms with Crippen molar-refractivity contribution in [2.75, 3.05) is 0 Å². The SMILES string of the molecule is C=C=Cc1ccc([Si](C)(C)C)cc1. The molecule has 1 rings (SSSR count). The van der Waals surface area contributed by atoms with Crippen LogP contribution >= 0.6 is 0 Å². The van der Waals surface area contributed by atoms with Crippen molar-refractivity contribution in [2.24, 2.45) is 0 Å². The normalized spacial score (nSPS) is 10.7. The summed E-state index contributed by atoms with van der Waals surface area (Å²) in [5.41, 5.74) is 3.96. The zero-order chi connectivity index (χ0) is 9.90. The van der Waals surface area contributed by atoms with Gasteiger partial charge in [0.2, 0.25) is 0 Å². The third kappa shape index (κ3) is 2.73. The molecule has 0 amide bonds. The van der Waals surface area contributed by atoms with Crippen molar-refractivity contribution in [2.45, 2.75) is 19.6 Å². The van der Waals surface area contributed by atoms with Gasteiger partial charge < -0.3 is 0 Å². The van der Waals surface area contributed by atoms with Gasteiger partial charge in [-0.05, 0) is 11.6 Å². The van der Waals surface area contributed by atoms with Crippen molar-refractivity contribution >= 4 is 19.3 Å². The van der Waals surface area contributed by atoms with Crippen LogP contribution in [0.15, 0.2) is 36.6 Å². The van der Waals surface area contributed by atoms with Crippen molar-refractivity contribution in [3.05, 3.63) is 42.1 Å². The van der Waals surface area contributed by atoms with Gasteiger partial charge in [-0.1, -0.05) is 55.7 Å². The Kier molecular flexibility index (Phi) is 2.92. The van der Waals surface area contributed by atoms with Gasteiger partial charge >= 0.3 is 0 Å². The van der Waals surface area contributed by atoms with Gasteiger partial charge in [-0.25, -0.2) is 0 Å². The molecule has 1 aromatic carbocycles. The summed E-state index contributed by atoms with van der Waals surface area (Å²) in [6.07, 6.45) is 1.90. The van der Waals surface area contributed by atoms with Crippen LogP contribution in [0.25, 0.3) is 6.08 Å². The third-order valence-electron chi connectivity index (χ3n) is 2.05. The lowest BCUT2D eigenvalue weighted by atomic mass is 10.2. The molecule has 68 valence electrons. The first-order valence-corrected chi connectivity index (χ1v) is 8.00. The summed E-state index contributed by atoms with van der Waals surface area (Å²) < 4.78 is 0. The van der Waals surface area contributed by atoms with Gasteiger partial charge in [-0.2, -0.15) is 0 Å². The van der Waals surface area contributed by atoms with Gasteiger partial charge in [0.05, 0.1) is 8.07 Å². The lowest BCUT2D eigenvalue weighted by Crippen LogP contribution is -2.37. The van der Waals surface area contributed by atoms with E-state index < -0.39 is 8.07 Å². The molecule has 0 aliphatic rings. The second kappa shape index (κ2) is 3.78. The Balaban J connectivity index is 3.00. The summed E-state index contributed by atoms with van der Waals surface area (Å²) in [6, 6.07) is 8.70. The highest BCUT2D eigenvalue weighted by Gasteiger charge is 2.14. The molecule has 0 unspecified atom stereocenters. The Labute approximate surface area is 81.6 Å². The maximum Gasteiger partial charge on any atom is 0.0775 e. The fourth-order valence-corrected chi connectivity index (χ4v) is 2.36. The largest absolute Gasteiger partial charge is 0.128 e. The second-order valence-corrected chi connectivity index (χ2v) is 9.30. The standard InChI is InChI=1S/C12H16Si/c1-5-6-11-7-9-12(10-8-11)13(2,3)4/h6-10H,1H2,2-4H3. The van der Waals surface area contributed by atoms with E-state index in [1.165, 1.54) is 10.8 Å². The van der Waals surface area contributed by atoms with E-state index in [-0.39, 0.29) is 0 Å². The molecule has 0 aliphatic heterocycles. The minimum Gasteiger partial charge on any atom is -0.128 e. The van der Waals surface area contributed by atoms with Gasteiger partial charge in [0.1, 0.15) is 0 Å². The van der Waals surface area contributed by atoms with Crippen molar-refractivity contribution in [3.8, 4) is 0 Å². The first-order chi connectivity index (χ1) is 6.04. The quantitative estimate of drug-likeness (QED) is 0.494. The molecule has 0 bridgehead atoms. The lowest BCUT2D eigenvalue weighted by molar-refractivity contribution is 1.65. The second-order valence-electron chi connectivity index (χ2n) is 4.22. The molecule has 0 spiro atoms. The minimum atomic E-state index is -1.13. The third-order valence-corrected chi connectivity index (χ3v) is 4.11. The number of hydrogen-bond acceptors (Lipinski definition) is 0. The Bertz CT molecular complexity index is 321. The van der Waals surface area contributed by atoms with Crippen LogP contribution in [0, 0.1) is 0 Å². The highest BCUT2D eigenvalue weighted by molar-refractivity contribution is 6.88. The van der Waals surface area contributed by atoms with Gasteiger partial charge in [0.25, 0.3) is 0 Å². The molecule has 0 aliphatic carbocycles. The molecule has 13 heavy (non-hydrogen) atoms. The number of benzene rings is 1. The fourth-order valence-electron chi connectivity index (χ4n) is 1.20. The van der Waals surface area contributed by atoms with E-state index in [2.05, 4.69) is 56.2 Å². The zero-order valence-corrected chi connectivity index (χ0v) is 9.59. The Morgan fingerprint density at radius 2 is 1.69 bits per heavy atom. The van der Waals surface area contributed by atoms with Gasteiger partial charge in [-0.3, -0.25) is 0 Å². The molecular weight excluding hydrogens is 172 g/mol. The Morgan fingerprint density at radius 3 is 2.08 bits per heavy atom. The van der Waals surface area contributed by atoms with E-state index in [4.69, 9.17) is 0 Å². The predicted molar refractivity (Wildman–Crippen MR) is 63.0 cm³/mol. The summed E-state index contributed by atoms with van der Waals surface area (Å²) in [5, 5.41) is 1.49. The molecule has 0 saturated heterocycles. The molecule has 0 atom stereocenters. The summed E-state index contributed by atoms with van der Waals surface area (Å²) in [6.45, 7) is 10.6. The highest BCUT2D eigenvalue weighted by Crippen LogP contribution is 2.05. The summed E-state index contributed by atoms with van der Waals surface area (Å²) in [7, 11) is -1.13. The van der Waals surface area contributed by atoms with Crippen LogP contribution in [-0.4, -0.2) is 8.07 Å². The van der Waals surface area contributed by atoms with E-state index in [0.717, 1.165) is 0 Å². The molecule has 0 aromatic heterocycles. The van der Waals surface area contributed by atoms with Crippen LogP contribution in [0.2, 0.25) is 19.6 Å². The van der Waals surface area contributed by atoms with Crippen LogP contribution in [0.3, 0.4) is 0 Å². The molecule has 0 saturated carbocycles. The van der Waals surface area contributed by atoms with Crippen molar-refractivity contribution in [1.82, 2.24) is 0 Å². The monoisotopic (exact) mass is 188 g/mol. The lowest BCUT2D eigenvalue weighted by Gasteiger charge is -2.16. The molecule has 0 nitrogen and oxygen atoms in total. The minimum absolute atomic E-state index is 1.13. The Morgan fingerprint density at radius 1 is 1.15 bits per heavy atom. The van der Waals surface area contributed by atoms with Crippen LogP contribution in [0.1, 0.15) is 5.56 Å². The highest BCUT2D eigenvalue weighted by atomic mass is 28.3. The number of rotatable bonds is 2. The Hall–Kier alpha value is -1.04. The smallest absolute Gasteiger partial charge is 0.0775 e. The average Bonchev–Trinajstić information content (AvgIpc) is 2.04. The van der Waals surface area contributed by atoms with E-state index in [1.54, 1.807) is 0 Å². The summed E-state index contributed by atoms with van der Waals surface area (Å²) in [5.74, 6) is 0. The molecular formula is C12H16Si. The molecule has 0 heterocycles. The topological polar surface area (TPSA) is 0 Å². The first kappa shape index (κ1) is 10.0. The van der Waals surface area contributed by atoms with E-state index in [1.807, 2.05) is 6.08 Å². The van der Waals surface area contributed by atoms with Gasteiger partial charge in [0, 0.05) is 0 Å². The van der Waals surface area contributed by atoms with Crippen molar-refractivity contribution in [3.63, 3.8) is 0 Å². The van der Waals surface area contributed by atoms with Crippen LogP contribution in [0.4, 0.5) is 0 Å². The molecule has 1 aromatic rings. The van der Waals surface area contributed by atoms with E-state index in [9.17, 15) is 0 Å². The summed E-state index contributed by atoms with van der Waals surface area (Å²) in [4.78, 5) is 0. The van der Waals surface area contributed by atoms with E-state index in [0.29, 0.717) is 0 Å². The van der Waals surface area contributed by atoms with Gasteiger partial charge in [0.15, 0.2) is 0 Å². The van der Waals surface area contributed by atoms with Crippen LogP contribution in [0.5, 0.6) is 0 Å². The van der Waals surface area contributed by atoms with Crippen molar-refractivity contribution in [1.29, 1.82) is 0 Å². The fraction of sp³-hybridized carbons (Fsp3) is 0.250. The van der Waals surface area contributed by atoms with Crippen LogP contribution in [-0.2, 0) is 0 Å². The van der Waals surface area contributed by atoms with E-state index >= 15 is 0 Å². The maximum absolute atomic E-state index is 3.56. The molecule has 0 fully saturated rings. The molecule has 0 radical (unpaired) electrons. The number of hydrogen-bond donors (Lipinski definition) is 0. The van der Waals surface area contributed by atoms with Crippen LogP contribution < -0.4 is 5.19 Å². The van der Waals surface area contributed by atoms with Gasteiger partial charge in [-0.15, -0.1) is 5.73 Å². The molecule has 0 N–H and O–H groups in total. The maximum atomic E-state index is 3.56. The summed E-state index contributed by atoms with van der Waals surface area (Å²) >= 11 is 0.